The van der Waals surface area contributed by atoms with Gasteiger partial charge in [-0.25, -0.2) is 4.79 Å². The number of ether oxygens (including phenoxy) is 6. The lowest BCUT2D eigenvalue weighted by Gasteiger charge is -2.27. The molecule has 1 N–H and O–H groups in total. The van der Waals surface area contributed by atoms with Crippen molar-refractivity contribution in [3.8, 4) is 0 Å². The number of nitrogens with zero attached hydrogens (tertiary/aromatic N) is 1. The van der Waals surface area contributed by atoms with E-state index in [2.05, 4.69) is 0 Å². The molecule has 0 heterocycles. The van der Waals surface area contributed by atoms with Crippen molar-refractivity contribution < 1.29 is 38.3 Å². The fraction of sp³-hybridized carbons (Fsp3) is 0.720. The zero-order valence-corrected chi connectivity index (χ0v) is 21.0. The smallest absolute Gasteiger partial charge is 0.410 e. The number of carbonyl (C=O) groups excluding carboxylic acids is 1. The van der Waals surface area contributed by atoms with Crippen LogP contribution in [0, 0.1) is 0 Å². The van der Waals surface area contributed by atoms with Crippen LogP contribution in [0.3, 0.4) is 0 Å². The first-order valence-corrected chi connectivity index (χ1v) is 11.9. The molecule has 0 unspecified atom stereocenters. The lowest BCUT2D eigenvalue weighted by molar-refractivity contribution is -0.0154. The molecule has 0 saturated heterocycles. The summed E-state index contributed by atoms with van der Waals surface area (Å²) in [5.41, 5.74) is 0.630. The maximum absolute atomic E-state index is 12.6. The van der Waals surface area contributed by atoms with Gasteiger partial charge in [-0.05, 0) is 32.8 Å². The van der Waals surface area contributed by atoms with Gasteiger partial charge in [0.1, 0.15) is 5.60 Å². The van der Waals surface area contributed by atoms with E-state index in [9.17, 15) is 4.79 Å². The largest absolute Gasteiger partial charge is 0.444 e. The van der Waals surface area contributed by atoms with Gasteiger partial charge < -0.3 is 38.4 Å². The Labute approximate surface area is 204 Å². The van der Waals surface area contributed by atoms with Crippen molar-refractivity contribution in [1.29, 1.82) is 0 Å². The average molecular weight is 486 g/mol. The third-order valence-corrected chi connectivity index (χ3v) is 4.39. The molecule has 0 bridgehead atoms. The fourth-order valence-corrected chi connectivity index (χ4v) is 2.75. The van der Waals surface area contributed by atoms with Crippen molar-refractivity contribution >= 4 is 6.09 Å². The highest BCUT2D eigenvalue weighted by molar-refractivity contribution is 5.68. The topological polar surface area (TPSA) is 95.9 Å². The second-order valence-corrected chi connectivity index (χ2v) is 8.49. The van der Waals surface area contributed by atoms with E-state index in [1.807, 2.05) is 51.1 Å². The summed E-state index contributed by atoms with van der Waals surface area (Å²) in [6, 6.07) is 10.1. The van der Waals surface area contributed by atoms with Crippen molar-refractivity contribution in [2.24, 2.45) is 0 Å². The van der Waals surface area contributed by atoms with Crippen LogP contribution in [-0.4, -0.2) is 107 Å². The molecule has 0 aliphatic carbocycles. The van der Waals surface area contributed by atoms with Gasteiger partial charge in [0.25, 0.3) is 0 Å². The fourth-order valence-electron chi connectivity index (χ4n) is 2.75. The van der Waals surface area contributed by atoms with Gasteiger partial charge in [-0.3, -0.25) is 0 Å². The van der Waals surface area contributed by atoms with Gasteiger partial charge in [-0.1, -0.05) is 30.3 Å². The third-order valence-electron chi connectivity index (χ3n) is 4.39. The zero-order chi connectivity index (χ0) is 24.9. The van der Waals surface area contributed by atoms with Crippen molar-refractivity contribution in [1.82, 2.24) is 4.90 Å². The van der Waals surface area contributed by atoms with Gasteiger partial charge in [-0.2, -0.15) is 0 Å². The van der Waals surface area contributed by atoms with Crippen LogP contribution < -0.4 is 0 Å². The number of benzene rings is 1. The first-order chi connectivity index (χ1) is 16.4. The number of amides is 1. The summed E-state index contributed by atoms with van der Waals surface area (Å²) in [5.74, 6) is 0. The molecular weight excluding hydrogens is 442 g/mol. The molecule has 0 aliphatic heterocycles. The minimum absolute atomic E-state index is 0.0213. The molecule has 1 rings (SSSR count). The van der Waals surface area contributed by atoms with Gasteiger partial charge in [0.15, 0.2) is 0 Å². The molecule has 1 aromatic rings. The van der Waals surface area contributed by atoms with Crippen LogP contribution in [0.25, 0.3) is 0 Å². The van der Waals surface area contributed by atoms with E-state index in [0.29, 0.717) is 79.2 Å². The summed E-state index contributed by atoms with van der Waals surface area (Å²) < 4.78 is 32.5. The molecule has 0 aliphatic rings. The zero-order valence-electron chi connectivity index (χ0n) is 21.0. The van der Waals surface area contributed by atoms with Crippen LogP contribution in [0.15, 0.2) is 30.3 Å². The number of hydrogen-bond acceptors (Lipinski definition) is 8. The Balaban J connectivity index is 2.08. The summed E-state index contributed by atoms with van der Waals surface area (Å²) in [6.07, 6.45) is 0.424. The van der Waals surface area contributed by atoms with E-state index in [4.69, 9.17) is 33.5 Å². The second-order valence-electron chi connectivity index (χ2n) is 8.49. The summed E-state index contributed by atoms with van der Waals surface area (Å²) in [4.78, 5) is 14.2. The molecule has 0 radical (unpaired) electrons. The van der Waals surface area contributed by atoms with Gasteiger partial charge >= 0.3 is 6.09 Å². The summed E-state index contributed by atoms with van der Waals surface area (Å²) in [6.45, 7) is 11.1. The molecule has 1 amide bonds. The third kappa shape index (κ3) is 17.7. The Bertz CT molecular complexity index is 609. The minimum Gasteiger partial charge on any atom is -0.444 e. The number of carbonyl (C=O) groups is 1. The molecule has 0 aromatic heterocycles. The predicted octanol–water partition coefficient (Wildman–Crippen LogP) is 2.54. The standard InChI is InChI=1S/C25H43NO8/c1-25(2,3)34-24(28)26(10-9-23-7-5-4-6-8-23)11-13-29-15-17-31-19-21-33-22-20-32-18-16-30-14-12-27/h4-8,27H,9-22H2,1-3H3. The Morgan fingerprint density at radius 2 is 1.21 bits per heavy atom. The Morgan fingerprint density at radius 3 is 1.68 bits per heavy atom. The molecule has 0 atom stereocenters. The first kappa shape index (κ1) is 30.3. The number of aliphatic hydroxyl groups excluding tert-OH is 1. The summed E-state index contributed by atoms with van der Waals surface area (Å²) in [5, 5.41) is 8.58. The van der Waals surface area contributed by atoms with Crippen LogP contribution in [0.1, 0.15) is 26.3 Å². The Morgan fingerprint density at radius 1 is 0.735 bits per heavy atom. The van der Waals surface area contributed by atoms with E-state index >= 15 is 0 Å². The average Bonchev–Trinajstić information content (AvgIpc) is 2.80. The normalized spacial score (nSPS) is 11.5. The Hall–Kier alpha value is -1.75. The van der Waals surface area contributed by atoms with E-state index in [1.54, 1.807) is 4.90 Å². The van der Waals surface area contributed by atoms with Crippen molar-refractivity contribution in [3.63, 3.8) is 0 Å². The van der Waals surface area contributed by atoms with Crippen LogP contribution in [-0.2, 0) is 34.8 Å². The highest BCUT2D eigenvalue weighted by Gasteiger charge is 2.21. The van der Waals surface area contributed by atoms with E-state index < -0.39 is 5.60 Å². The SMILES string of the molecule is CC(C)(C)OC(=O)N(CCOCCOCCOCCOCCOCCO)CCc1ccccc1. The molecule has 0 spiro atoms. The second kappa shape index (κ2) is 19.5. The minimum atomic E-state index is -0.542. The molecule has 34 heavy (non-hydrogen) atoms. The van der Waals surface area contributed by atoms with Crippen LogP contribution in [0.5, 0.6) is 0 Å². The van der Waals surface area contributed by atoms with Crippen molar-refractivity contribution in [2.45, 2.75) is 32.8 Å². The lowest BCUT2D eigenvalue weighted by Crippen LogP contribution is -2.40. The molecule has 0 fully saturated rings. The number of rotatable bonds is 20. The van der Waals surface area contributed by atoms with Crippen LogP contribution >= 0.6 is 0 Å². The van der Waals surface area contributed by atoms with E-state index in [0.717, 1.165) is 6.42 Å². The molecular formula is C25H43NO8. The van der Waals surface area contributed by atoms with Gasteiger partial charge in [0.2, 0.25) is 0 Å². The van der Waals surface area contributed by atoms with Gasteiger partial charge in [0.05, 0.1) is 72.7 Å². The lowest BCUT2D eigenvalue weighted by atomic mass is 10.1. The molecule has 196 valence electrons. The number of aliphatic hydroxyl groups is 1. The monoisotopic (exact) mass is 485 g/mol. The van der Waals surface area contributed by atoms with Gasteiger partial charge in [0, 0.05) is 13.1 Å². The predicted molar refractivity (Wildman–Crippen MR) is 129 cm³/mol. The van der Waals surface area contributed by atoms with Crippen LogP contribution in [0.4, 0.5) is 4.79 Å². The molecule has 9 nitrogen and oxygen atoms in total. The van der Waals surface area contributed by atoms with E-state index in [-0.39, 0.29) is 12.7 Å². The first-order valence-electron chi connectivity index (χ1n) is 11.9. The maximum Gasteiger partial charge on any atom is 0.410 e. The van der Waals surface area contributed by atoms with Crippen LogP contribution in [0.2, 0.25) is 0 Å². The van der Waals surface area contributed by atoms with Crippen molar-refractivity contribution in [2.75, 3.05) is 85.8 Å². The quantitative estimate of drug-likeness (QED) is 0.282. The highest BCUT2D eigenvalue weighted by Crippen LogP contribution is 2.11. The van der Waals surface area contributed by atoms with Gasteiger partial charge in [-0.15, -0.1) is 0 Å². The Kier molecular flexibility index (Phi) is 17.4. The molecule has 1 aromatic carbocycles. The molecule has 0 saturated carbocycles. The maximum atomic E-state index is 12.6. The summed E-state index contributed by atoms with van der Waals surface area (Å²) in [7, 11) is 0. The summed E-state index contributed by atoms with van der Waals surface area (Å²) >= 11 is 0. The van der Waals surface area contributed by atoms with E-state index in [1.165, 1.54) is 5.56 Å². The number of hydrogen-bond donors (Lipinski definition) is 1. The molecule has 9 heteroatoms. The highest BCUT2D eigenvalue weighted by atomic mass is 16.6. The van der Waals surface area contributed by atoms with Crippen molar-refractivity contribution in [3.05, 3.63) is 35.9 Å².